The van der Waals surface area contributed by atoms with Gasteiger partial charge in [-0.3, -0.25) is 9.44 Å². The largest absolute Gasteiger partial charge is 0.286 e. The third-order valence-corrected chi connectivity index (χ3v) is 3.81. The summed E-state index contributed by atoms with van der Waals surface area (Å²) in [4.78, 5) is 0. The highest BCUT2D eigenvalue weighted by molar-refractivity contribution is 8.12. The van der Waals surface area contributed by atoms with Gasteiger partial charge >= 0.3 is 0 Å². The number of rotatable bonds is 4. The van der Waals surface area contributed by atoms with Gasteiger partial charge in [-0.1, -0.05) is 13.8 Å². The van der Waals surface area contributed by atoms with Crippen LogP contribution < -0.4 is 5.14 Å². The van der Waals surface area contributed by atoms with Crippen LogP contribution in [0.5, 0.6) is 0 Å². The van der Waals surface area contributed by atoms with Gasteiger partial charge in [0.1, 0.15) is 0 Å². The number of thiol groups is 1. The summed E-state index contributed by atoms with van der Waals surface area (Å²) >= 11 is -0.351. The van der Waals surface area contributed by atoms with Crippen LogP contribution in [0.25, 0.3) is 0 Å². The van der Waals surface area contributed by atoms with Crippen molar-refractivity contribution >= 4 is 11.3 Å². The highest BCUT2D eigenvalue weighted by Gasteiger charge is 2.08. The van der Waals surface area contributed by atoms with Crippen molar-refractivity contribution in [2.75, 3.05) is 12.8 Å². The lowest BCUT2D eigenvalue weighted by Crippen LogP contribution is -2.29. The second kappa shape index (κ2) is 4.99. The fourth-order valence-electron chi connectivity index (χ4n) is 0.740. The molecule has 0 amide bonds. The summed E-state index contributed by atoms with van der Waals surface area (Å²) in [5, 5.41) is 5.88. The smallest absolute Gasteiger partial charge is 0.0162 e. The van der Waals surface area contributed by atoms with Gasteiger partial charge in [0.15, 0.2) is 0 Å². The second-order valence-electron chi connectivity index (χ2n) is 2.59. The third kappa shape index (κ3) is 2.90. The van der Waals surface area contributed by atoms with Crippen LogP contribution in [0.3, 0.4) is 0 Å². The van der Waals surface area contributed by atoms with Crippen molar-refractivity contribution in [2.45, 2.75) is 33.2 Å². The van der Waals surface area contributed by atoms with E-state index in [0.717, 1.165) is 5.75 Å². The molecule has 2 unspecified atom stereocenters. The molecule has 0 aliphatic heterocycles. The molecule has 2 nitrogen and oxygen atoms in total. The number of nitrogens with two attached hydrogens (primary N) is 1. The van der Waals surface area contributed by atoms with Gasteiger partial charge in [-0.25, -0.2) is 0 Å². The molecule has 0 heterocycles. The first kappa shape index (κ1) is 10.3. The Balaban J connectivity index is 3.69. The topological polar surface area (TPSA) is 29.3 Å². The van der Waals surface area contributed by atoms with Crippen molar-refractivity contribution in [3.8, 4) is 0 Å². The summed E-state index contributed by atoms with van der Waals surface area (Å²) in [6.07, 6.45) is 1.19. The predicted octanol–water partition coefficient (Wildman–Crippen LogP) is 1.53. The minimum absolute atomic E-state index is 0.351. The lowest BCUT2D eigenvalue weighted by atomic mass is 10.3. The van der Waals surface area contributed by atoms with E-state index in [-0.39, 0.29) is 11.3 Å². The molecule has 0 aromatic rings. The Morgan fingerprint density at radius 3 is 2.30 bits per heavy atom. The van der Waals surface area contributed by atoms with Crippen LogP contribution in [-0.4, -0.2) is 23.1 Å². The van der Waals surface area contributed by atoms with Crippen LogP contribution in [0.15, 0.2) is 0 Å². The van der Waals surface area contributed by atoms with E-state index < -0.39 is 0 Å². The first-order valence-electron chi connectivity index (χ1n) is 3.88. The highest BCUT2D eigenvalue weighted by Crippen LogP contribution is 2.22. The summed E-state index contributed by atoms with van der Waals surface area (Å²) in [5.41, 5.74) is 0. The summed E-state index contributed by atoms with van der Waals surface area (Å²) in [7, 11) is 2.11. The lowest BCUT2D eigenvalue weighted by Gasteiger charge is -2.31. The van der Waals surface area contributed by atoms with Crippen molar-refractivity contribution in [3.63, 3.8) is 0 Å². The summed E-state index contributed by atoms with van der Waals surface area (Å²) < 4.78 is 2.29. The fourth-order valence-corrected chi connectivity index (χ4v) is 1.86. The Kier molecular flexibility index (Phi) is 5.13. The van der Waals surface area contributed by atoms with Crippen LogP contribution in [-0.2, 0) is 0 Å². The molecular formula is C7H20N2S. The van der Waals surface area contributed by atoms with Crippen molar-refractivity contribution in [1.29, 1.82) is 0 Å². The molecule has 0 bridgehead atoms. The Morgan fingerprint density at radius 1 is 1.50 bits per heavy atom. The normalized spacial score (nSPS) is 19.2. The van der Waals surface area contributed by atoms with E-state index in [1.54, 1.807) is 0 Å². The lowest BCUT2D eigenvalue weighted by molar-refractivity contribution is 0.420. The van der Waals surface area contributed by atoms with Gasteiger partial charge in [0.2, 0.25) is 0 Å². The molecule has 0 spiro atoms. The molecule has 2 N–H and O–H groups in total. The summed E-state index contributed by atoms with van der Waals surface area (Å²) in [6.45, 7) is 6.56. The van der Waals surface area contributed by atoms with Crippen molar-refractivity contribution in [3.05, 3.63) is 0 Å². The predicted molar refractivity (Wildman–Crippen MR) is 51.2 cm³/mol. The van der Waals surface area contributed by atoms with Crippen LogP contribution in [0, 0.1) is 0 Å². The molecule has 0 aliphatic rings. The molecule has 0 fully saturated rings. The van der Waals surface area contributed by atoms with Crippen molar-refractivity contribution in [1.82, 2.24) is 4.31 Å². The molecule has 0 aromatic carbocycles. The van der Waals surface area contributed by atoms with Gasteiger partial charge in [-0.15, -0.1) is 11.3 Å². The van der Waals surface area contributed by atoms with Gasteiger partial charge in [-0.2, -0.15) is 0 Å². The van der Waals surface area contributed by atoms with E-state index in [1.807, 2.05) is 0 Å². The number of hydrogen-bond donors (Lipinski definition) is 2. The number of hydrogen-bond acceptors (Lipinski definition) is 2. The van der Waals surface area contributed by atoms with Crippen LogP contribution in [0.2, 0.25) is 0 Å². The van der Waals surface area contributed by atoms with Gasteiger partial charge in [0.25, 0.3) is 0 Å². The Morgan fingerprint density at radius 2 is 2.00 bits per heavy atom. The molecule has 2 atom stereocenters. The quantitative estimate of drug-likeness (QED) is 0.617. The molecule has 64 valence electrons. The first-order chi connectivity index (χ1) is 4.63. The van der Waals surface area contributed by atoms with E-state index in [1.165, 1.54) is 6.42 Å². The molecule has 0 saturated carbocycles. The summed E-state index contributed by atoms with van der Waals surface area (Å²) in [6, 6.07) is 0.635. The van der Waals surface area contributed by atoms with Gasteiger partial charge < -0.3 is 0 Å². The molecule has 0 rings (SSSR count). The molecule has 0 radical (unpaired) electrons. The molecule has 0 aromatic heterocycles. The van der Waals surface area contributed by atoms with E-state index in [9.17, 15) is 0 Å². The van der Waals surface area contributed by atoms with Crippen LogP contribution >= 0.6 is 11.3 Å². The average Bonchev–Trinajstić information content (AvgIpc) is 2.00. The maximum Gasteiger partial charge on any atom is 0.0162 e. The monoisotopic (exact) mass is 164 g/mol. The standard InChI is InChI=1S/C7H20N2S/c1-5-7(3)9(4)10(8)6-2/h7,10H,5-6,8H2,1-4H3. The SMILES string of the molecule is CCC(C)N(C)[SH](N)CC. The minimum atomic E-state index is -0.351. The van der Waals surface area contributed by atoms with E-state index in [2.05, 4.69) is 32.1 Å². The molecule has 3 heteroatoms. The zero-order valence-electron chi connectivity index (χ0n) is 7.46. The van der Waals surface area contributed by atoms with Crippen LogP contribution in [0.1, 0.15) is 27.2 Å². The highest BCUT2D eigenvalue weighted by atomic mass is 32.2. The Hall–Kier alpha value is 0.270. The van der Waals surface area contributed by atoms with E-state index in [4.69, 9.17) is 5.14 Å². The zero-order valence-corrected chi connectivity index (χ0v) is 8.36. The van der Waals surface area contributed by atoms with E-state index >= 15 is 0 Å². The third-order valence-electron chi connectivity index (χ3n) is 1.96. The second-order valence-corrected chi connectivity index (χ2v) is 4.73. The van der Waals surface area contributed by atoms with E-state index in [0.29, 0.717) is 6.04 Å². The van der Waals surface area contributed by atoms with Crippen molar-refractivity contribution < 1.29 is 0 Å². The minimum Gasteiger partial charge on any atom is -0.286 e. The van der Waals surface area contributed by atoms with Gasteiger partial charge in [0, 0.05) is 6.04 Å². The maximum atomic E-state index is 5.88. The molecular weight excluding hydrogens is 144 g/mol. The Bertz CT molecular complexity index is 77.7. The summed E-state index contributed by atoms with van der Waals surface area (Å²) in [5.74, 6) is 1.09. The molecule has 10 heavy (non-hydrogen) atoms. The molecule has 0 saturated heterocycles. The van der Waals surface area contributed by atoms with Gasteiger partial charge in [0.05, 0.1) is 0 Å². The Labute approximate surface area is 67.4 Å². The van der Waals surface area contributed by atoms with Crippen molar-refractivity contribution in [2.24, 2.45) is 5.14 Å². The number of nitrogens with zero attached hydrogens (tertiary/aromatic N) is 1. The zero-order chi connectivity index (χ0) is 8.15. The van der Waals surface area contributed by atoms with Gasteiger partial charge in [-0.05, 0) is 26.1 Å². The molecule has 0 aliphatic carbocycles. The average molecular weight is 164 g/mol. The van der Waals surface area contributed by atoms with Crippen LogP contribution in [0.4, 0.5) is 0 Å². The maximum absolute atomic E-state index is 5.88. The first-order valence-corrected chi connectivity index (χ1v) is 5.43. The fraction of sp³-hybridized carbons (Fsp3) is 1.00.